The first-order chi connectivity index (χ1) is 7.48. The van der Waals surface area contributed by atoms with Gasteiger partial charge < -0.3 is 10.2 Å². The van der Waals surface area contributed by atoms with Crippen molar-refractivity contribution in [3.05, 3.63) is 29.0 Å². The SMILES string of the molecule is CC1(C)CN(c2ccc(Cl)c(F)c2)CCN1. The van der Waals surface area contributed by atoms with Crippen LogP contribution < -0.4 is 10.2 Å². The van der Waals surface area contributed by atoms with Crippen molar-refractivity contribution in [2.75, 3.05) is 24.5 Å². The van der Waals surface area contributed by atoms with Gasteiger partial charge in [-0.1, -0.05) is 11.6 Å². The first-order valence-corrected chi connectivity index (χ1v) is 5.81. The zero-order valence-corrected chi connectivity index (χ0v) is 10.3. The summed E-state index contributed by atoms with van der Waals surface area (Å²) in [7, 11) is 0. The van der Waals surface area contributed by atoms with Crippen molar-refractivity contribution in [2.45, 2.75) is 19.4 Å². The molecule has 0 amide bonds. The summed E-state index contributed by atoms with van der Waals surface area (Å²) in [6.45, 7) is 6.96. The van der Waals surface area contributed by atoms with E-state index in [0.717, 1.165) is 25.3 Å². The minimum atomic E-state index is -0.351. The van der Waals surface area contributed by atoms with Gasteiger partial charge in [-0.15, -0.1) is 0 Å². The van der Waals surface area contributed by atoms with Crippen LogP contribution in [0.2, 0.25) is 5.02 Å². The zero-order chi connectivity index (χ0) is 11.8. The van der Waals surface area contributed by atoms with Gasteiger partial charge in [-0.3, -0.25) is 0 Å². The van der Waals surface area contributed by atoms with Crippen LogP contribution in [-0.2, 0) is 0 Å². The maximum Gasteiger partial charge on any atom is 0.143 e. The van der Waals surface area contributed by atoms with Gasteiger partial charge in [0.15, 0.2) is 0 Å². The van der Waals surface area contributed by atoms with Crippen LogP contribution in [-0.4, -0.2) is 25.2 Å². The lowest BCUT2D eigenvalue weighted by Gasteiger charge is -2.40. The summed E-state index contributed by atoms with van der Waals surface area (Å²) in [5.74, 6) is -0.351. The molecule has 0 aliphatic carbocycles. The van der Waals surface area contributed by atoms with Gasteiger partial charge in [0, 0.05) is 30.9 Å². The Balaban J connectivity index is 2.20. The topological polar surface area (TPSA) is 15.3 Å². The quantitative estimate of drug-likeness (QED) is 0.815. The van der Waals surface area contributed by atoms with E-state index in [0.29, 0.717) is 0 Å². The molecule has 0 radical (unpaired) electrons. The molecule has 0 bridgehead atoms. The molecule has 2 nitrogen and oxygen atoms in total. The molecule has 0 saturated carbocycles. The van der Waals surface area contributed by atoms with E-state index >= 15 is 0 Å². The van der Waals surface area contributed by atoms with Gasteiger partial charge in [0.2, 0.25) is 0 Å². The predicted octanol–water partition coefficient (Wildman–Crippen LogP) is 2.67. The minimum Gasteiger partial charge on any atom is -0.368 e. The molecule has 1 fully saturated rings. The molecule has 16 heavy (non-hydrogen) atoms. The van der Waals surface area contributed by atoms with Crippen molar-refractivity contribution in [1.82, 2.24) is 5.32 Å². The number of halogens is 2. The highest BCUT2D eigenvalue weighted by Crippen LogP contribution is 2.24. The van der Waals surface area contributed by atoms with E-state index < -0.39 is 0 Å². The van der Waals surface area contributed by atoms with Crippen LogP contribution in [0.1, 0.15) is 13.8 Å². The molecule has 88 valence electrons. The number of nitrogens with zero attached hydrogens (tertiary/aromatic N) is 1. The van der Waals surface area contributed by atoms with E-state index in [4.69, 9.17) is 11.6 Å². The molecule has 1 heterocycles. The molecule has 1 aromatic carbocycles. The Morgan fingerprint density at radius 2 is 2.19 bits per heavy atom. The Labute approximate surface area is 100 Å². The number of nitrogens with one attached hydrogen (secondary N) is 1. The highest BCUT2D eigenvalue weighted by atomic mass is 35.5. The van der Waals surface area contributed by atoms with Gasteiger partial charge in [0.1, 0.15) is 5.82 Å². The Bertz CT molecular complexity index is 393. The lowest BCUT2D eigenvalue weighted by atomic mass is 10.0. The summed E-state index contributed by atoms with van der Waals surface area (Å²) in [4.78, 5) is 2.18. The Hall–Kier alpha value is -0.800. The summed E-state index contributed by atoms with van der Waals surface area (Å²) in [6.07, 6.45) is 0. The number of benzene rings is 1. The Morgan fingerprint density at radius 3 is 2.81 bits per heavy atom. The number of hydrogen-bond acceptors (Lipinski definition) is 2. The van der Waals surface area contributed by atoms with Crippen molar-refractivity contribution < 1.29 is 4.39 Å². The third-order valence-corrected chi connectivity index (χ3v) is 3.15. The Kier molecular flexibility index (Phi) is 3.08. The van der Waals surface area contributed by atoms with Crippen LogP contribution >= 0.6 is 11.6 Å². The van der Waals surface area contributed by atoms with Crippen molar-refractivity contribution >= 4 is 17.3 Å². The largest absolute Gasteiger partial charge is 0.368 e. The molecule has 1 aromatic rings. The van der Waals surface area contributed by atoms with Gasteiger partial charge >= 0.3 is 0 Å². The third-order valence-electron chi connectivity index (χ3n) is 2.84. The van der Waals surface area contributed by atoms with E-state index in [1.807, 2.05) is 6.07 Å². The molecule has 1 saturated heterocycles. The first-order valence-electron chi connectivity index (χ1n) is 5.43. The van der Waals surface area contributed by atoms with Crippen LogP contribution in [0.15, 0.2) is 18.2 Å². The molecule has 1 aliphatic heterocycles. The van der Waals surface area contributed by atoms with Crippen LogP contribution in [0.25, 0.3) is 0 Å². The molecule has 4 heteroatoms. The number of piperazine rings is 1. The molecule has 1 N–H and O–H groups in total. The standard InChI is InChI=1S/C12H16ClFN2/c1-12(2)8-16(6-5-15-12)9-3-4-10(13)11(14)7-9/h3-4,7,15H,5-6,8H2,1-2H3. The fourth-order valence-electron chi connectivity index (χ4n) is 2.04. The summed E-state index contributed by atoms with van der Waals surface area (Å²) in [6, 6.07) is 4.98. The average Bonchev–Trinajstić information content (AvgIpc) is 2.20. The molecule has 0 unspecified atom stereocenters. The molecular formula is C12H16ClFN2. The number of anilines is 1. The average molecular weight is 243 g/mol. The van der Waals surface area contributed by atoms with Crippen molar-refractivity contribution in [3.8, 4) is 0 Å². The van der Waals surface area contributed by atoms with Crippen molar-refractivity contribution in [1.29, 1.82) is 0 Å². The molecule has 0 atom stereocenters. The summed E-state index contributed by atoms with van der Waals surface area (Å²) in [5.41, 5.74) is 0.963. The maximum atomic E-state index is 13.4. The second-order valence-electron chi connectivity index (χ2n) is 4.83. The van der Waals surface area contributed by atoms with E-state index in [-0.39, 0.29) is 16.4 Å². The molecule has 2 rings (SSSR count). The van der Waals surface area contributed by atoms with E-state index in [2.05, 4.69) is 24.1 Å². The first kappa shape index (κ1) is 11.7. The van der Waals surface area contributed by atoms with Crippen LogP contribution in [0.3, 0.4) is 0 Å². The van der Waals surface area contributed by atoms with Crippen LogP contribution in [0.4, 0.5) is 10.1 Å². The maximum absolute atomic E-state index is 13.4. The highest BCUT2D eigenvalue weighted by Gasteiger charge is 2.25. The number of rotatable bonds is 1. The van der Waals surface area contributed by atoms with Crippen LogP contribution in [0, 0.1) is 5.82 Å². The van der Waals surface area contributed by atoms with Crippen molar-refractivity contribution in [3.63, 3.8) is 0 Å². The molecule has 0 spiro atoms. The molecular weight excluding hydrogens is 227 g/mol. The third kappa shape index (κ3) is 2.47. The van der Waals surface area contributed by atoms with Gasteiger partial charge in [-0.05, 0) is 32.0 Å². The fourth-order valence-corrected chi connectivity index (χ4v) is 2.16. The fraction of sp³-hybridized carbons (Fsp3) is 0.500. The van der Waals surface area contributed by atoms with E-state index in [1.54, 1.807) is 6.07 Å². The van der Waals surface area contributed by atoms with Gasteiger partial charge in [-0.2, -0.15) is 0 Å². The number of hydrogen-bond donors (Lipinski definition) is 1. The normalized spacial score (nSPS) is 19.9. The zero-order valence-electron chi connectivity index (χ0n) is 9.56. The van der Waals surface area contributed by atoms with Crippen LogP contribution in [0.5, 0.6) is 0 Å². The second-order valence-corrected chi connectivity index (χ2v) is 5.24. The molecule has 0 aromatic heterocycles. The Morgan fingerprint density at radius 1 is 1.44 bits per heavy atom. The minimum absolute atomic E-state index is 0.0639. The van der Waals surface area contributed by atoms with Gasteiger partial charge in [0.25, 0.3) is 0 Å². The highest BCUT2D eigenvalue weighted by molar-refractivity contribution is 6.30. The predicted molar refractivity (Wildman–Crippen MR) is 65.7 cm³/mol. The van der Waals surface area contributed by atoms with E-state index in [1.165, 1.54) is 6.07 Å². The summed E-state index contributed by atoms with van der Waals surface area (Å²) < 4.78 is 13.4. The summed E-state index contributed by atoms with van der Waals surface area (Å²) in [5, 5.41) is 3.60. The second kappa shape index (κ2) is 4.22. The summed E-state index contributed by atoms with van der Waals surface area (Å²) >= 11 is 5.67. The van der Waals surface area contributed by atoms with Gasteiger partial charge in [-0.25, -0.2) is 4.39 Å². The monoisotopic (exact) mass is 242 g/mol. The van der Waals surface area contributed by atoms with E-state index in [9.17, 15) is 4.39 Å². The lowest BCUT2D eigenvalue weighted by molar-refractivity contribution is 0.353. The smallest absolute Gasteiger partial charge is 0.143 e. The van der Waals surface area contributed by atoms with Crippen molar-refractivity contribution in [2.24, 2.45) is 0 Å². The van der Waals surface area contributed by atoms with Gasteiger partial charge in [0.05, 0.1) is 5.02 Å². The lowest BCUT2D eigenvalue weighted by Crippen LogP contribution is -2.57. The molecule has 1 aliphatic rings.